The predicted molar refractivity (Wildman–Crippen MR) is 86.2 cm³/mol. The molecule has 0 aliphatic carbocycles. The highest BCUT2D eigenvalue weighted by Gasteiger charge is 2.15. The second-order valence-electron chi connectivity index (χ2n) is 5.38. The van der Waals surface area contributed by atoms with Gasteiger partial charge in [0.05, 0.1) is 6.04 Å². The lowest BCUT2D eigenvalue weighted by molar-refractivity contribution is 0.243. The van der Waals surface area contributed by atoms with E-state index in [1.54, 1.807) is 6.07 Å². The van der Waals surface area contributed by atoms with Gasteiger partial charge in [-0.15, -0.1) is 0 Å². The normalized spacial score (nSPS) is 12.0. The molecule has 0 heterocycles. The number of nitrogens with one attached hydrogen (secondary N) is 2. The molecule has 0 aliphatic rings. The van der Waals surface area contributed by atoms with Gasteiger partial charge in [-0.05, 0) is 56.1 Å². The molecule has 0 aromatic heterocycles. The summed E-state index contributed by atoms with van der Waals surface area (Å²) in [5.41, 5.74) is 1.27. The molecule has 2 rings (SSSR count). The Bertz CT molecular complexity index is 659. The zero-order valence-electron chi connectivity index (χ0n) is 13.0. The van der Waals surface area contributed by atoms with E-state index in [9.17, 15) is 13.6 Å². The van der Waals surface area contributed by atoms with Crippen molar-refractivity contribution in [3.8, 4) is 0 Å². The van der Waals surface area contributed by atoms with Crippen LogP contribution in [0.4, 0.5) is 19.3 Å². The standard InChI is InChI=1S/C17H19F2N3O/c1-22(2)16(12-4-3-5-14(19)10-12)11-20-17(23)21-15-8-6-13(18)7-9-15/h3-10,16H,11H2,1-2H3,(H2,20,21,23). The smallest absolute Gasteiger partial charge is 0.319 e. The number of urea groups is 1. The summed E-state index contributed by atoms with van der Waals surface area (Å²) in [5, 5.41) is 5.35. The Morgan fingerprint density at radius 2 is 1.78 bits per heavy atom. The van der Waals surface area contributed by atoms with Gasteiger partial charge in [-0.3, -0.25) is 0 Å². The van der Waals surface area contributed by atoms with Crippen LogP contribution in [-0.4, -0.2) is 31.6 Å². The number of halogens is 2. The van der Waals surface area contributed by atoms with Gasteiger partial charge in [0.1, 0.15) is 11.6 Å². The number of hydrogen-bond acceptors (Lipinski definition) is 2. The highest BCUT2D eigenvalue weighted by Crippen LogP contribution is 2.18. The topological polar surface area (TPSA) is 44.4 Å². The van der Waals surface area contributed by atoms with E-state index in [-0.39, 0.29) is 17.7 Å². The first kappa shape index (κ1) is 16.9. The number of hydrogen-bond donors (Lipinski definition) is 2. The number of amides is 2. The number of carbonyl (C=O) groups is 1. The number of carbonyl (C=O) groups excluding carboxylic acids is 1. The molecule has 0 saturated carbocycles. The summed E-state index contributed by atoms with van der Waals surface area (Å²) in [6, 6.07) is 11.2. The van der Waals surface area contributed by atoms with Crippen LogP contribution >= 0.6 is 0 Å². The molecule has 0 fully saturated rings. The van der Waals surface area contributed by atoms with E-state index in [1.165, 1.54) is 36.4 Å². The van der Waals surface area contributed by atoms with E-state index in [2.05, 4.69) is 10.6 Å². The molecular formula is C17H19F2N3O. The molecular weight excluding hydrogens is 300 g/mol. The van der Waals surface area contributed by atoms with Crippen molar-refractivity contribution in [2.75, 3.05) is 26.0 Å². The first-order valence-corrected chi connectivity index (χ1v) is 7.18. The van der Waals surface area contributed by atoms with Gasteiger partial charge in [0.2, 0.25) is 0 Å². The molecule has 1 atom stereocenters. The van der Waals surface area contributed by atoms with Crippen LogP contribution in [0.25, 0.3) is 0 Å². The molecule has 0 spiro atoms. The Morgan fingerprint density at radius 1 is 1.09 bits per heavy atom. The van der Waals surface area contributed by atoms with E-state index >= 15 is 0 Å². The summed E-state index contributed by atoms with van der Waals surface area (Å²) in [4.78, 5) is 13.8. The van der Waals surface area contributed by atoms with Crippen molar-refractivity contribution < 1.29 is 13.6 Å². The molecule has 6 heteroatoms. The van der Waals surface area contributed by atoms with Gasteiger partial charge in [-0.2, -0.15) is 0 Å². The molecule has 122 valence electrons. The molecule has 23 heavy (non-hydrogen) atoms. The van der Waals surface area contributed by atoms with E-state index in [0.29, 0.717) is 12.2 Å². The maximum atomic E-state index is 13.4. The summed E-state index contributed by atoms with van der Waals surface area (Å²) in [6.07, 6.45) is 0. The number of anilines is 1. The highest BCUT2D eigenvalue weighted by molar-refractivity contribution is 5.89. The molecule has 1 unspecified atom stereocenters. The van der Waals surface area contributed by atoms with Crippen molar-refractivity contribution >= 4 is 11.7 Å². The van der Waals surface area contributed by atoms with Crippen molar-refractivity contribution in [3.63, 3.8) is 0 Å². The maximum Gasteiger partial charge on any atom is 0.319 e. The third-order valence-electron chi connectivity index (χ3n) is 3.41. The largest absolute Gasteiger partial charge is 0.336 e. The second kappa shape index (κ2) is 7.69. The minimum Gasteiger partial charge on any atom is -0.336 e. The number of likely N-dealkylation sites (N-methyl/N-ethyl adjacent to an activating group) is 1. The molecule has 0 bridgehead atoms. The lowest BCUT2D eigenvalue weighted by atomic mass is 10.1. The first-order chi connectivity index (χ1) is 11.0. The summed E-state index contributed by atoms with van der Waals surface area (Å²) < 4.78 is 26.2. The zero-order valence-corrected chi connectivity index (χ0v) is 13.0. The highest BCUT2D eigenvalue weighted by atomic mass is 19.1. The number of benzene rings is 2. The van der Waals surface area contributed by atoms with Crippen LogP contribution in [0.3, 0.4) is 0 Å². The Labute approximate surface area is 134 Å². The van der Waals surface area contributed by atoms with Crippen LogP contribution in [0.15, 0.2) is 48.5 Å². The average molecular weight is 319 g/mol. The minimum atomic E-state index is -0.403. The zero-order chi connectivity index (χ0) is 16.8. The minimum absolute atomic E-state index is 0.162. The maximum absolute atomic E-state index is 13.4. The van der Waals surface area contributed by atoms with E-state index in [0.717, 1.165) is 5.56 Å². The van der Waals surface area contributed by atoms with Gasteiger partial charge in [0.15, 0.2) is 0 Å². The van der Waals surface area contributed by atoms with Crippen LogP contribution in [-0.2, 0) is 0 Å². The predicted octanol–water partition coefficient (Wildman–Crippen LogP) is 3.39. The van der Waals surface area contributed by atoms with E-state index in [1.807, 2.05) is 25.1 Å². The van der Waals surface area contributed by atoms with Crippen LogP contribution in [0, 0.1) is 11.6 Å². The van der Waals surface area contributed by atoms with Crippen LogP contribution in [0.1, 0.15) is 11.6 Å². The summed E-state index contributed by atoms with van der Waals surface area (Å²) in [5.74, 6) is -0.681. The molecule has 0 saturated heterocycles. The average Bonchev–Trinajstić information content (AvgIpc) is 2.49. The van der Waals surface area contributed by atoms with E-state index < -0.39 is 6.03 Å². The van der Waals surface area contributed by atoms with Crippen molar-refractivity contribution in [3.05, 3.63) is 65.7 Å². The lowest BCUT2D eigenvalue weighted by Crippen LogP contribution is -2.36. The van der Waals surface area contributed by atoms with Crippen LogP contribution < -0.4 is 10.6 Å². The summed E-state index contributed by atoms with van der Waals surface area (Å²) in [6.45, 7) is 0.309. The summed E-state index contributed by atoms with van der Waals surface area (Å²) >= 11 is 0. The number of nitrogens with zero attached hydrogens (tertiary/aromatic N) is 1. The summed E-state index contributed by atoms with van der Waals surface area (Å²) in [7, 11) is 3.71. The Morgan fingerprint density at radius 3 is 2.39 bits per heavy atom. The van der Waals surface area contributed by atoms with Crippen molar-refractivity contribution in [2.24, 2.45) is 0 Å². The monoisotopic (exact) mass is 319 g/mol. The Hall–Kier alpha value is -2.47. The van der Waals surface area contributed by atoms with Crippen molar-refractivity contribution in [1.29, 1.82) is 0 Å². The van der Waals surface area contributed by atoms with Gasteiger partial charge in [-0.25, -0.2) is 13.6 Å². The van der Waals surface area contributed by atoms with Crippen molar-refractivity contribution in [2.45, 2.75) is 6.04 Å². The fourth-order valence-corrected chi connectivity index (χ4v) is 2.21. The third kappa shape index (κ3) is 5.03. The van der Waals surface area contributed by atoms with Crippen LogP contribution in [0.5, 0.6) is 0 Å². The number of rotatable bonds is 5. The SMILES string of the molecule is CN(C)C(CNC(=O)Nc1ccc(F)cc1)c1cccc(F)c1. The second-order valence-corrected chi connectivity index (χ2v) is 5.38. The molecule has 2 N–H and O–H groups in total. The molecule has 2 aromatic carbocycles. The fourth-order valence-electron chi connectivity index (χ4n) is 2.21. The Kier molecular flexibility index (Phi) is 5.65. The lowest BCUT2D eigenvalue weighted by Gasteiger charge is -2.25. The van der Waals surface area contributed by atoms with Crippen LogP contribution in [0.2, 0.25) is 0 Å². The van der Waals surface area contributed by atoms with Gasteiger partial charge < -0.3 is 15.5 Å². The first-order valence-electron chi connectivity index (χ1n) is 7.18. The van der Waals surface area contributed by atoms with Gasteiger partial charge in [-0.1, -0.05) is 12.1 Å². The van der Waals surface area contributed by atoms with Crippen molar-refractivity contribution in [1.82, 2.24) is 10.2 Å². The molecule has 2 aromatic rings. The van der Waals surface area contributed by atoms with E-state index in [4.69, 9.17) is 0 Å². The molecule has 0 radical (unpaired) electrons. The Balaban J connectivity index is 1.96. The molecule has 0 aliphatic heterocycles. The molecule has 2 amide bonds. The molecule has 4 nitrogen and oxygen atoms in total. The fraction of sp³-hybridized carbons (Fsp3) is 0.235. The van der Waals surface area contributed by atoms with Gasteiger partial charge in [0, 0.05) is 12.2 Å². The third-order valence-corrected chi connectivity index (χ3v) is 3.41. The van der Waals surface area contributed by atoms with Gasteiger partial charge >= 0.3 is 6.03 Å². The quantitative estimate of drug-likeness (QED) is 0.887. The van der Waals surface area contributed by atoms with Gasteiger partial charge in [0.25, 0.3) is 0 Å².